The number of piperazine rings is 1. The smallest absolute Gasteiger partial charge is 0.278 e. The van der Waals surface area contributed by atoms with Crippen LogP contribution in [0.15, 0.2) is 65.8 Å². The van der Waals surface area contributed by atoms with Crippen LogP contribution in [-0.2, 0) is 11.2 Å². The first-order valence-electron chi connectivity index (χ1n) is 14.6. The lowest BCUT2D eigenvalue weighted by atomic mass is 10.1. The summed E-state index contributed by atoms with van der Waals surface area (Å²) in [4.78, 5) is 33.5. The van der Waals surface area contributed by atoms with Crippen LogP contribution < -0.4 is 29.7 Å². The minimum absolute atomic E-state index is 0.0809. The van der Waals surface area contributed by atoms with Crippen molar-refractivity contribution in [3.63, 3.8) is 0 Å². The van der Waals surface area contributed by atoms with Gasteiger partial charge in [0.25, 0.3) is 11.9 Å². The summed E-state index contributed by atoms with van der Waals surface area (Å²) < 4.78 is 16.4. The third kappa shape index (κ3) is 6.39. The zero-order chi connectivity index (χ0) is 32.4. The molecule has 1 saturated heterocycles. The van der Waals surface area contributed by atoms with Crippen molar-refractivity contribution in [2.45, 2.75) is 6.42 Å². The van der Waals surface area contributed by atoms with E-state index in [2.05, 4.69) is 30.8 Å². The molecule has 0 spiro atoms. The van der Waals surface area contributed by atoms with Crippen molar-refractivity contribution < 1.29 is 19.0 Å². The number of aliphatic imine (C=N–C) groups is 1. The number of halogens is 2. The Morgan fingerprint density at radius 1 is 0.913 bits per heavy atom. The summed E-state index contributed by atoms with van der Waals surface area (Å²) in [5.41, 5.74) is 10.6. The second-order valence-electron chi connectivity index (χ2n) is 10.9. The average molecular weight is 663 g/mol. The largest absolute Gasteiger partial charge is 0.493 e. The Morgan fingerprint density at radius 3 is 2.28 bits per heavy atom. The molecule has 0 aliphatic carbocycles. The predicted molar refractivity (Wildman–Crippen MR) is 181 cm³/mol. The fourth-order valence-corrected chi connectivity index (χ4v) is 6.07. The molecule has 0 unspecified atom stereocenters. The van der Waals surface area contributed by atoms with E-state index in [0.717, 1.165) is 43.1 Å². The first kappa shape index (κ1) is 31.4. The molecule has 0 radical (unpaired) electrons. The van der Waals surface area contributed by atoms with Crippen molar-refractivity contribution in [1.29, 1.82) is 0 Å². The quantitative estimate of drug-likeness (QED) is 0.257. The number of anilines is 3. The molecule has 2 aliphatic heterocycles. The predicted octanol–water partition coefficient (Wildman–Crippen LogP) is 5.23. The number of rotatable bonds is 9. The summed E-state index contributed by atoms with van der Waals surface area (Å²) in [6.07, 6.45) is 2.02. The molecule has 13 heteroatoms. The molecule has 11 nitrogen and oxygen atoms in total. The van der Waals surface area contributed by atoms with Crippen LogP contribution in [0.2, 0.25) is 10.0 Å². The van der Waals surface area contributed by atoms with E-state index in [-0.39, 0.29) is 23.4 Å². The lowest BCUT2D eigenvalue weighted by Gasteiger charge is -2.37. The fourth-order valence-electron chi connectivity index (χ4n) is 5.71. The molecule has 3 heterocycles. The summed E-state index contributed by atoms with van der Waals surface area (Å²) in [5, 5.41) is 1.21. The number of hydrogen-bond donors (Lipinski definition) is 1. The number of ether oxygens (including phenoxy) is 3. The van der Waals surface area contributed by atoms with Crippen molar-refractivity contribution in [1.82, 2.24) is 14.9 Å². The number of nitrogens with two attached hydrogens (primary N) is 1. The van der Waals surface area contributed by atoms with Crippen LogP contribution in [0.1, 0.15) is 16.7 Å². The van der Waals surface area contributed by atoms with Gasteiger partial charge in [0.05, 0.1) is 33.7 Å². The summed E-state index contributed by atoms with van der Waals surface area (Å²) in [6.45, 7) is 3.59. The first-order chi connectivity index (χ1) is 22.3. The molecule has 1 aromatic heterocycles. The summed E-state index contributed by atoms with van der Waals surface area (Å²) >= 11 is 12.6. The van der Waals surface area contributed by atoms with E-state index >= 15 is 0 Å². The van der Waals surface area contributed by atoms with Crippen molar-refractivity contribution >= 4 is 58.0 Å². The van der Waals surface area contributed by atoms with Gasteiger partial charge in [0.2, 0.25) is 5.75 Å². The van der Waals surface area contributed by atoms with E-state index < -0.39 is 0 Å². The minimum Gasteiger partial charge on any atom is -0.493 e. The summed E-state index contributed by atoms with van der Waals surface area (Å²) in [5.74, 6) is 1.64. The highest BCUT2D eigenvalue weighted by Gasteiger charge is 2.36. The van der Waals surface area contributed by atoms with Gasteiger partial charge < -0.3 is 24.8 Å². The van der Waals surface area contributed by atoms with Gasteiger partial charge in [0.1, 0.15) is 11.5 Å². The maximum atomic E-state index is 13.8. The van der Waals surface area contributed by atoms with E-state index in [1.807, 2.05) is 36.4 Å². The Labute approximate surface area is 277 Å². The van der Waals surface area contributed by atoms with Crippen LogP contribution in [0, 0.1) is 0 Å². The van der Waals surface area contributed by atoms with Gasteiger partial charge in [0.15, 0.2) is 11.5 Å². The molecule has 3 aromatic carbocycles. The zero-order valence-electron chi connectivity index (χ0n) is 25.7. The molecule has 4 aromatic rings. The average Bonchev–Trinajstić information content (AvgIpc) is 3.30. The minimum atomic E-state index is -0.252. The monoisotopic (exact) mass is 661 g/mol. The van der Waals surface area contributed by atoms with Gasteiger partial charge in [-0.25, -0.2) is 9.98 Å². The SMILES string of the molecule is COc1cc(Cc2cnc(N=C3C(=O)N(CN4CCN(c5cccc(Cl)c5)CC4)c4ccc(Cl)cc43)nc2N)cc(OC)c1OC. The second-order valence-corrected chi connectivity index (χ2v) is 11.7. The van der Waals surface area contributed by atoms with Crippen molar-refractivity contribution in [3.05, 3.63) is 87.5 Å². The molecule has 6 rings (SSSR count). The Morgan fingerprint density at radius 2 is 1.63 bits per heavy atom. The maximum absolute atomic E-state index is 13.8. The van der Waals surface area contributed by atoms with Crippen molar-refractivity contribution in [2.24, 2.45) is 4.99 Å². The Bertz CT molecular complexity index is 1790. The highest BCUT2D eigenvalue weighted by Crippen LogP contribution is 2.39. The zero-order valence-corrected chi connectivity index (χ0v) is 27.2. The third-order valence-electron chi connectivity index (χ3n) is 8.06. The molecule has 0 atom stereocenters. The normalized spacial score (nSPS) is 15.8. The number of benzene rings is 3. The Kier molecular flexibility index (Phi) is 9.16. The van der Waals surface area contributed by atoms with E-state index in [1.54, 1.807) is 44.6 Å². The maximum Gasteiger partial charge on any atom is 0.278 e. The molecule has 46 heavy (non-hydrogen) atoms. The van der Waals surface area contributed by atoms with Crippen molar-refractivity contribution in [2.75, 3.05) is 69.7 Å². The second kappa shape index (κ2) is 13.4. The van der Waals surface area contributed by atoms with Crippen LogP contribution >= 0.6 is 23.2 Å². The van der Waals surface area contributed by atoms with Gasteiger partial charge in [0, 0.05) is 65.7 Å². The van der Waals surface area contributed by atoms with Gasteiger partial charge in [-0.3, -0.25) is 14.6 Å². The number of amides is 1. The number of carbonyl (C=O) groups is 1. The van der Waals surface area contributed by atoms with E-state index in [0.29, 0.717) is 51.5 Å². The molecule has 2 N–H and O–H groups in total. The lowest BCUT2D eigenvalue weighted by Crippen LogP contribution is -2.51. The topological polar surface area (TPSA) is 119 Å². The number of aromatic nitrogens is 2. The number of hydrogen-bond acceptors (Lipinski definition) is 10. The van der Waals surface area contributed by atoms with Gasteiger partial charge in [-0.2, -0.15) is 4.98 Å². The molecule has 1 amide bonds. The van der Waals surface area contributed by atoms with Crippen molar-refractivity contribution in [3.8, 4) is 17.2 Å². The standard InChI is InChI=1S/C33H33Cl2N7O4/c1-44-27-14-20(15-28(45-2)30(27)46-3)13-21-18-37-33(39-31(21)36)38-29-25-17-23(35)7-8-26(25)42(32(29)43)19-40-9-11-41(12-10-40)24-6-4-5-22(34)16-24/h4-8,14-18H,9-13,19H2,1-3H3,(H2,36,37,39). The number of nitrogen functional groups attached to an aromatic ring is 1. The van der Waals surface area contributed by atoms with Gasteiger partial charge >= 0.3 is 0 Å². The van der Waals surface area contributed by atoms with Gasteiger partial charge in [-0.15, -0.1) is 0 Å². The van der Waals surface area contributed by atoms with Crippen LogP contribution in [-0.4, -0.2) is 80.7 Å². The van der Waals surface area contributed by atoms with Crippen LogP contribution in [0.3, 0.4) is 0 Å². The molecular weight excluding hydrogens is 629 g/mol. The van der Waals surface area contributed by atoms with Crippen LogP contribution in [0.4, 0.5) is 23.1 Å². The fraction of sp³-hybridized carbons (Fsp3) is 0.273. The van der Waals surface area contributed by atoms with Gasteiger partial charge in [-0.05, 0) is 54.1 Å². The molecule has 0 bridgehead atoms. The highest BCUT2D eigenvalue weighted by atomic mass is 35.5. The lowest BCUT2D eigenvalue weighted by molar-refractivity contribution is -0.112. The van der Waals surface area contributed by atoms with Crippen LogP contribution in [0.5, 0.6) is 17.2 Å². The van der Waals surface area contributed by atoms with Gasteiger partial charge in [-0.1, -0.05) is 29.3 Å². The van der Waals surface area contributed by atoms with Crippen LogP contribution in [0.25, 0.3) is 0 Å². The first-order valence-corrected chi connectivity index (χ1v) is 15.4. The summed E-state index contributed by atoms with van der Waals surface area (Å²) in [7, 11) is 4.68. The Hall–Kier alpha value is -4.58. The highest BCUT2D eigenvalue weighted by molar-refractivity contribution is 6.55. The number of methoxy groups -OCH3 is 3. The number of carbonyl (C=O) groups excluding carboxylic acids is 1. The van der Waals surface area contributed by atoms with E-state index in [4.69, 9.17) is 43.1 Å². The molecule has 238 valence electrons. The molecule has 1 fully saturated rings. The van der Waals surface area contributed by atoms with E-state index in [1.165, 1.54) is 0 Å². The summed E-state index contributed by atoms with van der Waals surface area (Å²) in [6, 6.07) is 16.9. The van der Waals surface area contributed by atoms with E-state index in [9.17, 15) is 4.79 Å². The third-order valence-corrected chi connectivity index (χ3v) is 8.53. The molecule has 0 saturated carbocycles. The molecular formula is C33H33Cl2N7O4. The number of fused-ring (bicyclic) bond motifs is 1. The number of nitrogens with zero attached hydrogens (tertiary/aromatic N) is 6. The molecule has 2 aliphatic rings. The Balaban J connectivity index is 1.20.